The van der Waals surface area contributed by atoms with E-state index in [1.165, 1.54) is 0 Å². The summed E-state index contributed by atoms with van der Waals surface area (Å²) in [6, 6.07) is 0. The number of nitrogens with two attached hydrogens (primary N) is 1. The van der Waals surface area contributed by atoms with Crippen molar-refractivity contribution in [1.29, 1.82) is 0 Å². The summed E-state index contributed by atoms with van der Waals surface area (Å²) in [4.78, 5) is 0.176. The van der Waals surface area contributed by atoms with Gasteiger partial charge in [-0.2, -0.15) is 18.3 Å². The fourth-order valence-electron chi connectivity index (χ4n) is 2.06. The maximum absolute atomic E-state index is 12.1. The van der Waals surface area contributed by atoms with Crippen LogP contribution in [0.2, 0.25) is 0 Å². The van der Waals surface area contributed by atoms with Gasteiger partial charge in [0.1, 0.15) is 4.99 Å². The number of hydrogen-bond donors (Lipinski definition) is 2. The van der Waals surface area contributed by atoms with Crippen LogP contribution < -0.4 is 11.1 Å². The van der Waals surface area contributed by atoms with Gasteiger partial charge in [-0.15, -0.1) is 5.10 Å². The highest BCUT2D eigenvalue weighted by Gasteiger charge is 2.26. The van der Waals surface area contributed by atoms with Crippen molar-refractivity contribution in [2.75, 3.05) is 11.9 Å². The molecule has 4 nitrogen and oxygen atoms in total. The number of alkyl halides is 3. The number of nitrogens with zero attached hydrogens (tertiary/aromatic N) is 2. The fraction of sp³-hybridized carbons (Fsp3) is 0.615. The van der Waals surface area contributed by atoms with E-state index in [4.69, 9.17) is 18.0 Å². The van der Waals surface area contributed by atoms with Crippen LogP contribution >= 0.6 is 12.2 Å². The summed E-state index contributed by atoms with van der Waals surface area (Å²) in [6.45, 7) is 4.03. The zero-order valence-corrected chi connectivity index (χ0v) is 12.9. The van der Waals surface area contributed by atoms with E-state index in [9.17, 15) is 13.2 Å². The lowest BCUT2D eigenvalue weighted by Crippen LogP contribution is -2.20. The van der Waals surface area contributed by atoms with Crippen molar-refractivity contribution in [3.8, 4) is 0 Å². The Morgan fingerprint density at radius 2 is 1.90 bits per heavy atom. The highest BCUT2D eigenvalue weighted by atomic mass is 32.1. The Labute approximate surface area is 127 Å². The molecule has 0 atom stereocenters. The van der Waals surface area contributed by atoms with Gasteiger partial charge in [0.05, 0.1) is 11.3 Å². The molecule has 0 amide bonds. The first kappa shape index (κ1) is 17.6. The van der Waals surface area contributed by atoms with E-state index < -0.39 is 12.6 Å². The molecule has 0 saturated carbocycles. The van der Waals surface area contributed by atoms with Gasteiger partial charge >= 0.3 is 6.18 Å². The minimum Gasteiger partial charge on any atom is -0.389 e. The Morgan fingerprint density at radius 1 is 1.24 bits per heavy atom. The normalized spacial score (nSPS) is 11.5. The molecular formula is C13H19F3N4S. The van der Waals surface area contributed by atoms with E-state index in [0.29, 0.717) is 24.2 Å². The van der Waals surface area contributed by atoms with Gasteiger partial charge in [-0.3, -0.25) is 0 Å². The highest BCUT2D eigenvalue weighted by molar-refractivity contribution is 7.80. The third-order valence-corrected chi connectivity index (χ3v) is 3.23. The molecule has 0 spiro atoms. The van der Waals surface area contributed by atoms with Gasteiger partial charge in [0, 0.05) is 13.0 Å². The van der Waals surface area contributed by atoms with Crippen molar-refractivity contribution in [2.24, 2.45) is 5.73 Å². The van der Waals surface area contributed by atoms with E-state index in [1.54, 1.807) is 0 Å². The van der Waals surface area contributed by atoms with Crippen molar-refractivity contribution in [1.82, 2.24) is 10.2 Å². The maximum Gasteiger partial charge on any atom is 0.389 e. The molecule has 118 valence electrons. The molecule has 0 radical (unpaired) electrons. The quantitative estimate of drug-likeness (QED) is 0.597. The topological polar surface area (TPSA) is 63.8 Å². The molecule has 21 heavy (non-hydrogen) atoms. The molecule has 1 heterocycles. The summed E-state index contributed by atoms with van der Waals surface area (Å²) in [5.74, 6) is 0.360. The average Bonchev–Trinajstić information content (AvgIpc) is 2.41. The predicted molar refractivity (Wildman–Crippen MR) is 80.5 cm³/mol. The monoisotopic (exact) mass is 320 g/mol. The van der Waals surface area contributed by atoms with Crippen molar-refractivity contribution in [3.05, 3.63) is 16.8 Å². The van der Waals surface area contributed by atoms with Crippen LogP contribution in [-0.2, 0) is 12.8 Å². The molecule has 3 N–H and O–H groups in total. The van der Waals surface area contributed by atoms with Crippen molar-refractivity contribution < 1.29 is 13.2 Å². The van der Waals surface area contributed by atoms with Crippen molar-refractivity contribution in [3.63, 3.8) is 0 Å². The first-order chi connectivity index (χ1) is 9.80. The molecule has 1 aromatic rings. The molecule has 0 saturated heterocycles. The lowest BCUT2D eigenvalue weighted by molar-refractivity contribution is -0.134. The number of anilines is 1. The molecule has 0 bridgehead atoms. The second kappa shape index (κ2) is 7.53. The first-order valence-electron chi connectivity index (χ1n) is 6.79. The second-order valence-electron chi connectivity index (χ2n) is 4.57. The molecule has 1 rings (SSSR count). The van der Waals surface area contributed by atoms with Crippen LogP contribution in [0.25, 0.3) is 0 Å². The Morgan fingerprint density at radius 3 is 2.38 bits per heavy atom. The van der Waals surface area contributed by atoms with E-state index >= 15 is 0 Å². The predicted octanol–water partition coefficient (Wildman–Crippen LogP) is 2.99. The standard InChI is InChI=1S/C13H19F3N4S/c1-3-8-9(4-2)19-20-12(10(8)11(17)21)18-7-5-6-13(14,15)16/h3-7H2,1-2H3,(H2,17,21)(H,18,20). The Hall–Kier alpha value is -1.44. The SMILES string of the molecule is CCc1nnc(NCCCC(F)(F)F)c(C(N)=S)c1CC. The van der Waals surface area contributed by atoms with E-state index in [2.05, 4.69) is 15.5 Å². The van der Waals surface area contributed by atoms with E-state index in [-0.39, 0.29) is 18.0 Å². The fourth-order valence-corrected chi connectivity index (χ4v) is 2.28. The summed E-state index contributed by atoms with van der Waals surface area (Å²) in [5.41, 5.74) is 8.03. The number of rotatable bonds is 7. The first-order valence-corrected chi connectivity index (χ1v) is 7.19. The number of nitrogens with one attached hydrogen (secondary N) is 1. The van der Waals surface area contributed by atoms with Crippen LogP contribution in [0, 0.1) is 0 Å². The van der Waals surface area contributed by atoms with Gasteiger partial charge in [0.15, 0.2) is 5.82 Å². The molecular weight excluding hydrogens is 301 g/mol. The largest absolute Gasteiger partial charge is 0.389 e. The van der Waals surface area contributed by atoms with Gasteiger partial charge < -0.3 is 11.1 Å². The molecule has 0 aliphatic rings. The number of aromatic nitrogens is 2. The summed E-state index contributed by atoms with van der Waals surface area (Å²) in [6.07, 6.45) is -3.66. The summed E-state index contributed by atoms with van der Waals surface area (Å²) < 4.78 is 36.3. The van der Waals surface area contributed by atoms with Crippen LogP contribution in [-0.4, -0.2) is 27.9 Å². The highest BCUT2D eigenvalue weighted by Crippen LogP contribution is 2.23. The van der Waals surface area contributed by atoms with Gasteiger partial charge in [-0.1, -0.05) is 26.1 Å². The Balaban J connectivity index is 2.89. The lowest BCUT2D eigenvalue weighted by atomic mass is 10.0. The van der Waals surface area contributed by atoms with Gasteiger partial charge in [0.25, 0.3) is 0 Å². The van der Waals surface area contributed by atoms with Gasteiger partial charge in [0.2, 0.25) is 0 Å². The van der Waals surface area contributed by atoms with Crippen molar-refractivity contribution >= 4 is 23.0 Å². The zero-order chi connectivity index (χ0) is 16.0. The van der Waals surface area contributed by atoms with Gasteiger partial charge in [-0.05, 0) is 24.8 Å². The zero-order valence-electron chi connectivity index (χ0n) is 12.0. The molecule has 0 aliphatic heterocycles. The number of halogens is 3. The average molecular weight is 320 g/mol. The Bertz CT molecular complexity index is 503. The molecule has 0 unspecified atom stereocenters. The van der Waals surface area contributed by atoms with Crippen LogP contribution in [0.1, 0.15) is 43.5 Å². The number of hydrogen-bond acceptors (Lipinski definition) is 4. The summed E-state index contributed by atoms with van der Waals surface area (Å²) in [7, 11) is 0. The third-order valence-electron chi connectivity index (χ3n) is 3.02. The molecule has 8 heteroatoms. The van der Waals surface area contributed by atoms with Crippen LogP contribution in [0.15, 0.2) is 0 Å². The maximum atomic E-state index is 12.1. The number of aryl methyl sites for hydroxylation is 1. The lowest BCUT2D eigenvalue weighted by Gasteiger charge is -2.15. The number of thiocarbonyl (C=S) groups is 1. The van der Waals surface area contributed by atoms with Crippen LogP contribution in [0.5, 0.6) is 0 Å². The van der Waals surface area contributed by atoms with Crippen molar-refractivity contribution in [2.45, 2.75) is 45.7 Å². The molecule has 1 aromatic heterocycles. The second-order valence-corrected chi connectivity index (χ2v) is 5.01. The third kappa shape index (κ3) is 5.11. The molecule has 0 aromatic carbocycles. The Kier molecular flexibility index (Phi) is 6.32. The van der Waals surface area contributed by atoms with Crippen LogP contribution in [0.3, 0.4) is 0 Å². The minimum absolute atomic E-state index is 0.0427. The van der Waals surface area contributed by atoms with Crippen LogP contribution in [0.4, 0.5) is 19.0 Å². The summed E-state index contributed by atoms with van der Waals surface area (Å²) >= 11 is 5.04. The molecule has 0 fully saturated rings. The van der Waals surface area contributed by atoms with Gasteiger partial charge in [-0.25, -0.2) is 0 Å². The van der Waals surface area contributed by atoms with E-state index in [0.717, 1.165) is 11.3 Å². The van der Waals surface area contributed by atoms with E-state index in [1.807, 2.05) is 13.8 Å². The minimum atomic E-state index is -4.15. The smallest absolute Gasteiger partial charge is 0.389 e. The summed E-state index contributed by atoms with van der Waals surface area (Å²) in [5, 5.41) is 10.9. The molecule has 0 aliphatic carbocycles.